The van der Waals surface area contributed by atoms with E-state index in [0.717, 1.165) is 36.4 Å². The molecular formula is C16H15N3. The fraction of sp³-hybridized carbons (Fsp3) is 0.188. The summed E-state index contributed by atoms with van der Waals surface area (Å²) >= 11 is 0. The van der Waals surface area contributed by atoms with E-state index in [9.17, 15) is 5.26 Å². The van der Waals surface area contributed by atoms with Crippen molar-refractivity contribution in [3.05, 3.63) is 59.2 Å². The molecule has 2 aromatic rings. The van der Waals surface area contributed by atoms with Crippen LogP contribution >= 0.6 is 0 Å². The van der Waals surface area contributed by atoms with Crippen molar-refractivity contribution >= 4 is 11.4 Å². The molecule has 3 rings (SSSR count). The van der Waals surface area contributed by atoms with E-state index in [1.807, 2.05) is 36.4 Å². The highest BCUT2D eigenvalue weighted by molar-refractivity contribution is 5.61. The van der Waals surface area contributed by atoms with Crippen molar-refractivity contribution in [2.24, 2.45) is 0 Å². The highest BCUT2D eigenvalue weighted by Gasteiger charge is 2.18. The summed E-state index contributed by atoms with van der Waals surface area (Å²) in [6.45, 7) is 1.76. The van der Waals surface area contributed by atoms with Crippen LogP contribution in [0, 0.1) is 11.3 Å². The Hall–Kier alpha value is -2.47. The Balaban J connectivity index is 1.96. The minimum Gasteiger partial charge on any atom is -0.399 e. The van der Waals surface area contributed by atoms with Crippen LogP contribution in [0.3, 0.4) is 0 Å². The van der Waals surface area contributed by atoms with Gasteiger partial charge in [0.25, 0.3) is 0 Å². The number of rotatable bonds is 1. The van der Waals surface area contributed by atoms with Crippen LogP contribution in [-0.2, 0) is 13.0 Å². The van der Waals surface area contributed by atoms with E-state index >= 15 is 0 Å². The van der Waals surface area contributed by atoms with Crippen molar-refractivity contribution in [3.8, 4) is 6.07 Å². The first-order valence-corrected chi connectivity index (χ1v) is 6.39. The van der Waals surface area contributed by atoms with Crippen LogP contribution in [0.5, 0.6) is 0 Å². The molecule has 19 heavy (non-hydrogen) atoms. The van der Waals surface area contributed by atoms with Crippen LogP contribution < -0.4 is 10.6 Å². The Morgan fingerprint density at radius 1 is 1.11 bits per heavy atom. The SMILES string of the molecule is N#Cc1ccccc1N1CCc2ccc(N)cc2C1. The molecule has 0 radical (unpaired) electrons. The van der Waals surface area contributed by atoms with Gasteiger partial charge in [-0.2, -0.15) is 5.26 Å². The molecule has 0 unspecified atom stereocenters. The monoisotopic (exact) mass is 249 g/mol. The third-order valence-electron chi connectivity index (χ3n) is 3.61. The molecule has 2 N–H and O–H groups in total. The van der Waals surface area contributed by atoms with E-state index < -0.39 is 0 Å². The van der Waals surface area contributed by atoms with Gasteiger partial charge in [0.05, 0.1) is 11.3 Å². The number of nitrogens with two attached hydrogens (primary N) is 1. The molecule has 0 saturated heterocycles. The normalized spacial score (nSPS) is 13.7. The number of nitrogen functional groups attached to an aromatic ring is 1. The minimum absolute atomic E-state index is 0.731. The van der Waals surface area contributed by atoms with Gasteiger partial charge in [0.2, 0.25) is 0 Å². The Labute approximate surface area is 112 Å². The van der Waals surface area contributed by atoms with Crippen molar-refractivity contribution in [3.63, 3.8) is 0 Å². The van der Waals surface area contributed by atoms with E-state index in [2.05, 4.69) is 17.0 Å². The van der Waals surface area contributed by atoms with Gasteiger partial charge in [-0.25, -0.2) is 0 Å². The Bertz CT molecular complexity index is 655. The highest BCUT2D eigenvalue weighted by Crippen LogP contribution is 2.27. The molecule has 2 aromatic carbocycles. The zero-order chi connectivity index (χ0) is 13.2. The maximum Gasteiger partial charge on any atom is 0.101 e. The number of nitrogens with zero attached hydrogens (tertiary/aromatic N) is 2. The van der Waals surface area contributed by atoms with Crippen LogP contribution in [0.25, 0.3) is 0 Å². The second-order valence-electron chi connectivity index (χ2n) is 4.83. The molecular weight excluding hydrogens is 234 g/mol. The van der Waals surface area contributed by atoms with Crippen molar-refractivity contribution in [2.45, 2.75) is 13.0 Å². The Morgan fingerprint density at radius 3 is 2.79 bits per heavy atom. The molecule has 0 spiro atoms. The van der Waals surface area contributed by atoms with Crippen molar-refractivity contribution in [1.82, 2.24) is 0 Å². The molecule has 0 fully saturated rings. The summed E-state index contributed by atoms with van der Waals surface area (Å²) < 4.78 is 0. The van der Waals surface area contributed by atoms with Gasteiger partial charge in [-0.05, 0) is 41.8 Å². The van der Waals surface area contributed by atoms with Crippen LogP contribution in [0.2, 0.25) is 0 Å². The quantitative estimate of drug-likeness (QED) is 0.791. The topological polar surface area (TPSA) is 53.0 Å². The number of nitriles is 1. The van der Waals surface area contributed by atoms with Gasteiger partial charge >= 0.3 is 0 Å². The van der Waals surface area contributed by atoms with Gasteiger partial charge in [-0.15, -0.1) is 0 Å². The maximum absolute atomic E-state index is 9.19. The summed E-state index contributed by atoms with van der Waals surface area (Å²) in [5.41, 5.74) is 11.0. The molecule has 3 heteroatoms. The number of para-hydroxylation sites is 1. The third kappa shape index (κ3) is 2.13. The largest absolute Gasteiger partial charge is 0.399 e. The fourth-order valence-corrected chi connectivity index (χ4v) is 2.63. The lowest BCUT2D eigenvalue weighted by Gasteiger charge is -2.31. The summed E-state index contributed by atoms with van der Waals surface area (Å²) in [5, 5.41) is 9.19. The lowest BCUT2D eigenvalue weighted by molar-refractivity contribution is 0.731. The molecule has 0 saturated carbocycles. The molecule has 94 valence electrons. The molecule has 1 aliphatic heterocycles. The first-order chi connectivity index (χ1) is 9.28. The lowest BCUT2D eigenvalue weighted by Crippen LogP contribution is -2.30. The first kappa shape index (κ1) is 11.6. The van der Waals surface area contributed by atoms with Crippen LogP contribution in [-0.4, -0.2) is 6.54 Å². The van der Waals surface area contributed by atoms with Crippen LogP contribution in [0.15, 0.2) is 42.5 Å². The predicted octanol–water partition coefficient (Wildman–Crippen LogP) is 2.70. The molecule has 0 aromatic heterocycles. The van der Waals surface area contributed by atoms with Gasteiger partial charge in [0, 0.05) is 18.8 Å². The van der Waals surface area contributed by atoms with Crippen LogP contribution in [0.4, 0.5) is 11.4 Å². The zero-order valence-corrected chi connectivity index (χ0v) is 10.6. The number of benzene rings is 2. The maximum atomic E-state index is 9.19. The van der Waals surface area contributed by atoms with Crippen molar-refractivity contribution in [2.75, 3.05) is 17.2 Å². The highest BCUT2D eigenvalue weighted by atomic mass is 15.1. The summed E-state index contributed by atoms with van der Waals surface area (Å²) in [5.74, 6) is 0. The second kappa shape index (κ2) is 4.66. The molecule has 3 nitrogen and oxygen atoms in total. The average molecular weight is 249 g/mol. The van der Waals surface area contributed by atoms with Crippen molar-refractivity contribution < 1.29 is 0 Å². The van der Waals surface area contributed by atoms with Crippen molar-refractivity contribution in [1.29, 1.82) is 5.26 Å². The van der Waals surface area contributed by atoms with Gasteiger partial charge in [-0.3, -0.25) is 0 Å². The average Bonchev–Trinajstić information content (AvgIpc) is 2.46. The van der Waals surface area contributed by atoms with Gasteiger partial charge in [-0.1, -0.05) is 18.2 Å². The number of fused-ring (bicyclic) bond motifs is 1. The summed E-state index contributed by atoms with van der Waals surface area (Å²) in [6.07, 6.45) is 0.995. The van der Waals surface area contributed by atoms with E-state index in [-0.39, 0.29) is 0 Å². The molecule has 1 aliphatic rings. The predicted molar refractivity (Wildman–Crippen MR) is 76.8 cm³/mol. The summed E-state index contributed by atoms with van der Waals surface area (Å²) in [7, 11) is 0. The molecule has 0 aliphatic carbocycles. The Kier molecular flexibility index (Phi) is 2.85. The van der Waals surface area contributed by atoms with E-state index in [1.54, 1.807) is 0 Å². The first-order valence-electron chi connectivity index (χ1n) is 6.39. The molecule has 1 heterocycles. The number of hydrogen-bond donors (Lipinski definition) is 1. The summed E-state index contributed by atoms with van der Waals surface area (Å²) in [4.78, 5) is 2.25. The van der Waals surface area contributed by atoms with E-state index in [0.29, 0.717) is 0 Å². The van der Waals surface area contributed by atoms with Gasteiger partial charge in [0.1, 0.15) is 6.07 Å². The standard InChI is InChI=1S/C16H15N3/c17-10-13-3-1-2-4-16(13)19-8-7-12-5-6-15(18)9-14(12)11-19/h1-6,9H,7-8,11,18H2. The lowest BCUT2D eigenvalue weighted by atomic mass is 9.98. The third-order valence-corrected chi connectivity index (χ3v) is 3.61. The van der Waals surface area contributed by atoms with Gasteiger partial charge < -0.3 is 10.6 Å². The zero-order valence-electron chi connectivity index (χ0n) is 10.6. The smallest absolute Gasteiger partial charge is 0.101 e. The molecule has 0 atom stereocenters. The second-order valence-corrected chi connectivity index (χ2v) is 4.83. The fourth-order valence-electron chi connectivity index (χ4n) is 2.63. The Morgan fingerprint density at radius 2 is 1.95 bits per heavy atom. The minimum atomic E-state index is 0.731. The van der Waals surface area contributed by atoms with E-state index in [1.165, 1.54) is 11.1 Å². The molecule has 0 amide bonds. The molecule has 0 bridgehead atoms. The number of hydrogen-bond acceptors (Lipinski definition) is 3. The van der Waals surface area contributed by atoms with Crippen LogP contribution in [0.1, 0.15) is 16.7 Å². The van der Waals surface area contributed by atoms with Gasteiger partial charge in [0.15, 0.2) is 0 Å². The van der Waals surface area contributed by atoms with E-state index in [4.69, 9.17) is 5.73 Å². The number of anilines is 2. The summed E-state index contributed by atoms with van der Waals surface area (Å²) in [6, 6.07) is 16.1.